The topological polar surface area (TPSA) is 48.1 Å². The smallest absolute Gasteiger partial charge is 0.137 e. The number of nitrogens with zero attached hydrogens (tertiary/aromatic N) is 4. The highest BCUT2D eigenvalue weighted by molar-refractivity contribution is 7.10. The second-order valence-electron chi connectivity index (χ2n) is 9.83. The fourth-order valence-electron chi connectivity index (χ4n) is 6.12. The van der Waals surface area contributed by atoms with E-state index < -0.39 is 0 Å². The van der Waals surface area contributed by atoms with Gasteiger partial charge in [0.2, 0.25) is 0 Å². The summed E-state index contributed by atoms with van der Waals surface area (Å²) < 4.78 is 0. The van der Waals surface area contributed by atoms with Gasteiger partial charge in [0, 0.05) is 34.8 Å². The van der Waals surface area contributed by atoms with Crippen LogP contribution in [0.2, 0.25) is 0 Å². The van der Waals surface area contributed by atoms with Gasteiger partial charge in [0.1, 0.15) is 10.7 Å². The van der Waals surface area contributed by atoms with Crippen LogP contribution >= 0.6 is 11.3 Å². The summed E-state index contributed by atoms with van der Waals surface area (Å²) in [5.41, 5.74) is 4.71. The molecule has 1 saturated carbocycles. The Labute approximate surface area is 188 Å². The van der Waals surface area contributed by atoms with Gasteiger partial charge in [0.15, 0.2) is 0 Å². The number of likely N-dealkylation sites (tertiary alicyclic amines) is 2. The summed E-state index contributed by atoms with van der Waals surface area (Å²) in [5, 5.41) is 4.72. The highest BCUT2D eigenvalue weighted by Crippen LogP contribution is 2.39. The number of pyridine rings is 1. The van der Waals surface area contributed by atoms with E-state index >= 15 is 0 Å². The van der Waals surface area contributed by atoms with Crippen molar-refractivity contribution < 1.29 is 0 Å². The lowest BCUT2D eigenvalue weighted by atomic mass is 9.81. The molecule has 164 valence electrons. The van der Waals surface area contributed by atoms with Crippen molar-refractivity contribution >= 4 is 22.4 Å². The Morgan fingerprint density at radius 3 is 2.65 bits per heavy atom. The molecule has 6 rings (SSSR count). The van der Waals surface area contributed by atoms with Crippen LogP contribution in [0.15, 0.2) is 23.8 Å². The molecule has 5 heterocycles. The summed E-state index contributed by atoms with van der Waals surface area (Å²) in [6, 6.07) is 3.71. The van der Waals surface area contributed by atoms with Crippen molar-refractivity contribution in [3.63, 3.8) is 0 Å². The van der Waals surface area contributed by atoms with Crippen LogP contribution < -0.4 is 0 Å². The van der Waals surface area contributed by atoms with Gasteiger partial charge in [0.25, 0.3) is 0 Å². The molecule has 1 N–H and O–H groups in total. The SMILES string of the molecule is CN1CCCC1c1nc(-c2c[nH]c3ncc(C4CCC(N5CCCC5)CC4)cc23)cs1. The van der Waals surface area contributed by atoms with E-state index in [-0.39, 0.29) is 0 Å². The molecule has 1 aliphatic carbocycles. The van der Waals surface area contributed by atoms with Crippen molar-refractivity contribution in [2.75, 3.05) is 26.7 Å². The van der Waals surface area contributed by atoms with Crippen LogP contribution in [0, 0.1) is 0 Å². The van der Waals surface area contributed by atoms with Crippen LogP contribution in [-0.2, 0) is 0 Å². The van der Waals surface area contributed by atoms with Gasteiger partial charge in [-0.15, -0.1) is 11.3 Å². The van der Waals surface area contributed by atoms with Gasteiger partial charge >= 0.3 is 0 Å². The molecule has 2 saturated heterocycles. The summed E-state index contributed by atoms with van der Waals surface area (Å²) in [7, 11) is 2.22. The second kappa shape index (κ2) is 8.30. The van der Waals surface area contributed by atoms with Crippen molar-refractivity contribution in [1.82, 2.24) is 24.8 Å². The van der Waals surface area contributed by atoms with Gasteiger partial charge in [-0.05, 0) is 95.6 Å². The molecule has 0 radical (unpaired) electrons. The summed E-state index contributed by atoms with van der Waals surface area (Å²) in [6.07, 6.45) is 14.8. The Hall–Kier alpha value is -1.76. The summed E-state index contributed by atoms with van der Waals surface area (Å²) in [6.45, 7) is 3.82. The molecule has 3 aromatic rings. The van der Waals surface area contributed by atoms with Crippen LogP contribution in [0.25, 0.3) is 22.3 Å². The van der Waals surface area contributed by atoms with Crippen molar-refractivity contribution in [3.05, 3.63) is 34.4 Å². The minimum atomic E-state index is 0.489. The number of thiazole rings is 1. The van der Waals surface area contributed by atoms with Crippen molar-refractivity contribution in [2.24, 2.45) is 0 Å². The maximum atomic E-state index is 5.06. The van der Waals surface area contributed by atoms with Gasteiger partial charge in [-0.25, -0.2) is 9.97 Å². The van der Waals surface area contributed by atoms with Crippen LogP contribution in [0.1, 0.15) is 73.9 Å². The average molecular weight is 436 g/mol. The van der Waals surface area contributed by atoms with Gasteiger partial charge in [-0.1, -0.05) is 0 Å². The Bertz CT molecular complexity index is 1040. The lowest BCUT2D eigenvalue weighted by molar-refractivity contribution is 0.182. The number of nitrogens with one attached hydrogen (secondary N) is 1. The third kappa shape index (κ3) is 3.73. The first-order chi connectivity index (χ1) is 15.3. The molecule has 5 nitrogen and oxygen atoms in total. The van der Waals surface area contributed by atoms with Gasteiger partial charge in [0.05, 0.1) is 11.7 Å². The maximum absolute atomic E-state index is 5.06. The first kappa shape index (κ1) is 19.9. The Balaban J connectivity index is 1.23. The van der Waals surface area contributed by atoms with Crippen LogP contribution in [0.5, 0.6) is 0 Å². The van der Waals surface area contributed by atoms with Crippen molar-refractivity contribution in [1.29, 1.82) is 0 Å². The zero-order valence-electron chi connectivity index (χ0n) is 18.5. The molecule has 1 unspecified atom stereocenters. The monoisotopic (exact) mass is 435 g/mol. The molecule has 0 aromatic carbocycles. The molecule has 3 fully saturated rings. The molecule has 0 spiro atoms. The van der Waals surface area contributed by atoms with Crippen LogP contribution in [0.3, 0.4) is 0 Å². The fraction of sp³-hybridized carbons (Fsp3) is 0.600. The normalized spacial score (nSPS) is 28.1. The minimum Gasteiger partial charge on any atom is -0.345 e. The molecule has 2 aliphatic heterocycles. The van der Waals surface area contributed by atoms with Crippen LogP contribution in [-0.4, -0.2) is 57.5 Å². The third-order valence-corrected chi connectivity index (χ3v) is 8.93. The summed E-state index contributed by atoms with van der Waals surface area (Å²) >= 11 is 1.81. The lowest BCUT2D eigenvalue weighted by Gasteiger charge is -2.34. The second-order valence-corrected chi connectivity index (χ2v) is 10.7. The number of fused-ring (bicyclic) bond motifs is 1. The molecule has 3 aromatic heterocycles. The summed E-state index contributed by atoms with van der Waals surface area (Å²) in [4.78, 5) is 18.4. The van der Waals surface area contributed by atoms with E-state index in [1.807, 2.05) is 11.3 Å². The standard InChI is InChI=1S/C25H33N5S/c1-29-10-4-5-23(29)25-28-22(16-31-25)21-15-27-24-20(21)13-18(14-26-24)17-6-8-19(9-7-17)30-11-2-3-12-30/h13-17,19,23H,2-12H2,1H3,(H,26,27). The summed E-state index contributed by atoms with van der Waals surface area (Å²) in [5.74, 6) is 0.650. The Morgan fingerprint density at radius 1 is 1.03 bits per heavy atom. The first-order valence-corrected chi connectivity index (χ1v) is 13.0. The van der Waals surface area contributed by atoms with Crippen molar-refractivity contribution in [3.8, 4) is 11.3 Å². The zero-order valence-corrected chi connectivity index (χ0v) is 19.3. The third-order valence-electron chi connectivity index (χ3n) is 7.98. The zero-order chi connectivity index (χ0) is 20.8. The first-order valence-electron chi connectivity index (χ1n) is 12.1. The molecule has 31 heavy (non-hydrogen) atoms. The molecule has 3 aliphatic rings. The van der Waals surface area contributed by atoms with E-state index in [9.17, 15) is 0 Å². The number of H-pyrrole nitrogens is 1. The molecule has 1 atom stereocenters. The van der Waals surface area contributed by atoms with E-state index in [1.54, 1.807) is 0 Å². The van der Waals surface area contributed by atoms with E-state index in [0.29, 0.717) is 12.0 Å². The highest BCUT2D eigenvalue weighted by Gasteiger charge is 2.29. The predicted octanol–water partition coefficient (Wildman–Crippen LogP) is 5.58. The average Bonchev–Trinajstić information content (AvgIpc) is 3.59. The maximum Gasteiger partial charge on any atom is 0.137 e. The number of hydrogen-bond donors (Lipinski definition) is 1. The lowest BCUT2D eigenvalue weighted by Crippen LogP contribution is -2.35. The number of aromatic amines is 1. The van der Waals surface area contributed by atoms with Crippen molar-refractivity contribution in [2.45, 2.75) is 69.4 Å². The van der Waals surface area contributed by atoms with Gasteiger partial charge in [-0.2, -0.15) is 0 Å². The van der Waals surface area contributed by atoms with E-state index in [2.05, 4.69) is 45.7 Å². The van der Waals surface area contributed by atoms with E-state index in [4.69, 9.17) is 9.97 Å². The molecule has 6 heteroatoms. The fourth-order valence-corrected chi connectivity index (χ4v) is 7.14. The van der Waals surface area contributed by atoms with Gasteiger partial charge in [-0.3, -0.25) is 4.90 Å². The Kier molecular flexibility index (Phi) is 5.33. The number of hydrogen-bond acceptors (Lipinski definition) is 5. The predicted molar refractivity (Wildman–Crippen MR) is 128 cm³/mol. The minimum absolute atomic E-state index is 0.489. The van der Waals surface area contributed by atoms with E-state index in [0.717, 1.165) is 17.4 Å². The molecule has 0 amide bonds. The largest absolute Gasteiger partial charge is 0.345 e. The highest BCUT2D eigenvalue weighted by atomic mass is 32.1. The van der Waals surface area contributed by atoms with Gasteiger partial charge < -0.3 is 9.88 Å². The quantitative estimate of drug-likeness (QED) is 0.582. The molecular formula is C25H33N5S. The van der Waals surface area contributed by atoms with E-state index in [1.165, 1.54) is 92.5 Å². The Morgan fingerprint density at radius 2 is 1.87 bits per heavy atom. The number of rotatable bonds is 4. The van der Waals surface area contributed by atoms with Crippen LogP contribution in [0.4, 0.5) is 0 Å². The molecule has 0 bridgehead atoms. The number of aromatic nitrogens is 3. The molecular weight excluding hydrogens is 402 g/mol.